The molecule has 2 aliphatic carbocycles. The van der Waals surface area contributed by atoms with Gasteiger partial charge < -0.3 is 30.7 Å². The summed E-state index contributed by atoms with van der Waals surface area (Å²) in [5, 5.41) is 9.56. The van der Waals surface area contributed by atoms with Crippen LogP contribution in [0.15, 0.2) is 130 Å². The Morgan fingerprint density at radius 1 is 0.590 bits per heavy atom. The van der Waals surface area contributed by atoms with Crippen molar-refractivity contribution in [1.82, 2.24) is 21.3 Å². The first-order valence-corrected chi connectivity index (χ1v) is 31.3. The molecule has 6 N–H and O–H groups in total. The lowest BCUT2D eigenvalue weighted by Gasteiger charge is -2.36. The average molecular weight is 1160 g/mol. The number of nitrogens with one attached hydrogen (secondary N) is 4. The van der Waals surface area contributed by atoms with Crippen molar-refractivity contribution in [2.75, 3.05) is 48.6 Å². The van der Waals surface area contributed by atoms with Crippen LogP contribution in [-0.4, -0.2) is 134 Å². The van der Waals surface area contributed by atoms with Crippen molar-refractivity contribution in [3.8, 4) is 0 Å². The number of carbonyl (C=O) groups is 6. The maximum absolute atomic E-state index is 13.5. The normalized spacial score (nSPS) is 19.8. The van der Waals surface area contributed by atoms with Crippen LogP contribution in [0.2, 0.25) is 0 Å². The number of carbonyl (C=O) groups excluding carboxylic acids is 6. The lowest BCUT2D eigenvalue weighted by atomic mass is 9.71. The van der Waals surface area contributed by atoms with Crippen LogP contribution in [0.3, 0.4) is 0 Å². The molecule has 4 unspecified atom stereocenters. The van der Waals surface area contributed by atoms with Gasteiger partial charge in [0.05, 0.1) is 11.5 Å². The summed E-state index contributed by atoms with van der Waals surface area (Å²) in [5.74, 6) is -2.59. The molecule has 432 valence electrons. The maximum atomic E-state index is 13.5. The molecule has 0 fully saturated rings. The van der Waals surface area contributed by atoms with E-state index in [4.69, 9.17) is 18.6 Å². The second-order valence-corrected chi connectivity index (χ2v) is 25.4. The molecule has 0 bridgehead atoms. The van der Waals surface area contributed by atoms with Crippen LogP contribution in [0.4, 0.5) is 9.59 Å². The summed E-state index contributed by atoms with van der Waals surface area (Å²) in [6.45, 7) is 18.4. The number of esters is 2. The number of hydrogen-bond acceptors (Lipinski definition) is 14. The van der Waals surface area contributed by atoms with Crippen LogP contribution in [0, 0.1) is 10.8 Å². The van der Waals surface area contributed by atoms with E-state index in [1.54, 1.807) is 13.8 Å². The number of urea groups is 2. The monoisotopic (exact) mass is 1160 g/mol. The highest BCUT2D eigenvalue weighted by atomic mass is 32.2. The van der Waals surface area contributed by atoms with Crippen molar-refractivity contribution in [2.24, 2.45) is 10.8 Å². The molecule has 0 aromatic rings. The second kappa shape index (κ2) is 32.5. The molecule has 2 aliphatic rings. The zero-order valence-corrected chi connectivity index (χ0v) is 50.2. The summed E-state index contributed by atoms with van der Waals surface area (Å²) < 4.78 is 73.3. The molecule has 0 aliphatic heterocycles. The highest BCUT2D eigenvalue weighted by molar-refractivity contribution is 7.98. The molecule has 0 heterocycles. The molecule has 0 spiro atoms. The number of Topliss-reactive ketones (excluding diaryl/α,β-unsaturated/α-hetero) is 2. The van der Waals surface area contributed by atoms with Gasteiger partial charge in [-0.1, -0.05) is 135 Å². The maximum Gasteiger partial charge on any atom is 0.329 e. The molecular formula is C56H80N4O14S4. The average Bonchev–Trinajstić information content (AvgIpc) is 3.32. The van der Waals surface area contributed by atoms with Gasteiger partial charge in [-0.2, -0.15) is 40.4 Å². The van der Waals surface area contributed by atoms with Gasteiger partial charge in [0, 0.05) is 25.9 Å². The van der Waals surface area contributed by atoms with Crippen LogP contribution in [-0.2, 0) is 48.9 Å². The van der Waals surface area contributed by atoms with Gasteiger partial charge in [-0.25, -0.2) is 19.2 Å². The number of ether oxygens (including phenoxy) is 2. The summed E-state index contributed by atoms with van der Waals surface area (Å²) in [4.78, 5) is 78.3. The number of thioether (sulfide) groups is 2. The highest BCUT2D eigenvalue weighted by Crippen LogP contribution is 2.42. The fourth-order valence-electron chi connectivity index (χ4n) is 8.18. The Balaban J connectivity index is 2.03. The van der Waals surface area contributed by atoms with Crippen molar-refractivity contribution in [2.45, 2.75) is 119 Å². The van der Waals surface area contributed by atoms with Gasteiger partial charge in [-0.3, -0.25) is 18.7 Å². The minimum absolute atomic E-state index is 0.215. The van der Waals surface area contributed by atoms with E-state index in [0.717, 1.165) is 33.4 Å². The van der Waals surface area contributed by atoms with E-state index in [-0.39, 0.29) is 50.3 Å². The molecule has 0 radical (unpaired) electrons. The summed E-state index contributed by atoms with van der Waals surface area (Å²) in [5.41, 5.74) is 5.40. The van der Waals surface area contributed by atoms with Crippen LogP contribution >= 0.6 is 23.5 Å². The Hall–Kier alpha value is -5.52. The Morgan fingerprint density at radius 2 is 0.910 bits per heavy atom. The van der Waals surface area contributed by atoms with Gasteiger partial charge in [-0.15, -0.1) is 0 Å². The number of ketones is 2. The Kier molecular flexibility index (Phi) is 28.6. The Morgan fingerprint density at radius 3 is 1.23 bits per heavy atom. The molecule has 2 rings (SSSR count). The summed E-state index contributed by atoms with van der Waals surface area (Å²) in [6.07, 6.45) is 29.7. The van der Waals surface area contributed by atoms with Gasteiger partial charge in [0.1, 0.15) is 12.1 Å². The van der Waals surface area contributed by atoms with E-state index in [2.05, 4.69) is 21.3 Å². The highest BCUT2D eigenvalue weighted by Gasteiger charge is 2.42. The van der Waals surface area contributed by atoms with E-state index in [1.807, 2.05) is 153 Å². The van der Waals surface area contributed by atoms with Gasteiger partial charge in [0.15, 0.2) is 23.8 Å². The summed E-state index contributed by atoms with van der Waals surface area (Å²) in [6, 6.07) is -3.79. The van der Waals surface area contributed by atoms with Crippen molar-refractivity contribution in [3.63, 3.8) is 0 Å². The molecule has 0 saturated carbocycles. The molecule has 0 saturated heterocycles. The topological polar surface area (TPSA) is 278 Å². The van der Waals surface area contributed by atoms with Gasteiger partial charge in [0.25, 0.3) is 20.2 Å². The molecule has 0 aromatic heterocycles. The quantitative estimate of drug-likeness (QED) is 0.0243. The number of allylic oxidation sites excluding steroid dienone is 20. The molecule has 78 heavy (non-hydrogen) atoms. The predicted octanol–water partition coefficient (Wildman–Crippen LogP) is 8.62. The third-order valence-electron chi connectivity index (χ3n) is 12.5. The number of rotatable bonds is 28. The Labute approximate surface area is 470 Å². The van der Waals surface area contributed by atoms with E-state index in [0.29, 0.717) is 22.7 Å². The van der Waals surface area contributed by atoms with Crippen LogP contribution in [0.1, 0.15) is 94.9 Å². The van der Waals surface area contributed by atoms with Gasteiger partial charge >= 0.3 is 24.0 Å². The lowest BCUT2D eigenvalue weighted by Crippen LogP contribution is -2.49. The first-order valence-electron chi connectivity index (χ1n) is 25.3. The minimum Gasteiger partial charge on any atom is -0.452 e. The van der Waals surface area contributed by atoms with E-state index < -0.39 is 90.9 Å². The third kappa shape index (κ3) is 25.5. The van der Waals surface area contributed by atoms with E-state index >= 15 is 0 Å². The lowest BCUT2D eigenvalue weighted by molar-refractivity contribution is -0.158. The number of hydrogen-bond donors (Lipinski definition) is 6. The number of amides is 4. The first kappa shape index (κ1) is 68.6. The minimum atomic E-state index is -4.29. The first-order chi connectivity index (χ1) is 36.3. The third-order valence-corrected chi connectivity index (χ3v) is 15.2. The zero-order valence-electron chi connectivity index (χ0n) is 46.9. The van der Waals surface area contributed by atoms with Crippen LogP contribution in [0.5, 0.6) is 0 Å². The summed E-state index contributed by atoms with van der Waals surface area (Å²) in [7, 11) is -8.57. The van der Waals surface area contributed by atoms with Gasteiger partial charge in [-0.05, 0) is 112 Å². The fraction of sp³-hybridized carbons (Fsp3) is 0.500. The molecule has 4 atom stereocenters. The molecule has 18 nitrogen and oxygen atoms in total. The molecule has 4 amide bonds. The van der Waals surface area contributed by atoms with Crippen molar-refractivity contribution >= 4 is 79.3 Å². The van der Waals surface area contributed by atoms with Crippen molar-refractivity contribution < 1.29 is 64.2 Å². The van der Waals surface area contributed by atoms with Crippen LogP contribution < -0.4 is 21.3 Å². The second-order valence-electron chi connectivity index (χ2n) is 20.3. The summed E-state index contributed by atoms with van der Waals surface area (Å²) >= 11 is 2.90. The van der Waals surface area contributed by atoms with Crippen LogP contribution in [0.25, 0.3) is 0 Å². The SMILES string of the molecule is CSCCC(NC(=O)NCCS(=O)(=O)O)C(=O)OC1CC(C)(C)C(/C=C/C(C)=C/C=C/C(C)=C/C=C/C=C(C)/C=C/C=C(C)/C=C/C2=C(C)C(=O)C(OC(=O)C(CCSC)NC(=O)NCCS(=O)(=O)O)CC2(C)C)=C(C)C1=O. The largest absolute Gasteiger partial charge is 0.452 e. The Bertz CT molecular complexity index is 2590. The smallest absolute Gasteiger partial charge is 0.329 e. The fourth-order valence-corrected chi connectivity index (χ4v) is 9.84. The molecule has 22 heteroatoms. The standard InChI is InChI=1S/C56H80N4O14S4/c1-37(19-15-21-39(3)23-25-43-41(5)49(61)47(35-55(43,7)8)73-51(63)45(27-31-75-11)59-53(65)57-29-33-77(67,68)69)17-13-14-18-38(2)20-16-22-40(4)24-26-44-42(6)50(62)48(36-56(44,9)10)74-52(64)46(28-32-76-12)60-54(66)58-30-34-78(70,71)72/h13-26,45-48H,27-36H2,1-12H3,(H2,57,59,65)(H2,58,60,66)(H,67,68,69)(H,70,71,72)/b14-13+,19-15+,20-16+,25-23+,26-24+,37-17+,38-18+,39-21+,40-22+. The van der Waals surface area contributed by atoms with E-state index in [1.165, 1.54) is 23.5 Å². The van der Waals surface area contributed by atoms with E-state index in [9.17, 15) is 45.6 Å². The predicted molar refractivity (Wildman–Crippen MR) is 312 cm³/mol. The van der Waals surface area contributed by atoms with Gasteiger partial charge in [0.2, 0.25) is 0 Å². The molecular weight excluding hydrogens is 1080 g/mol. The van der Waals surface area contributed by atoms with Crippen molar-refractivity contribution in [3.05, 3.63) is 130 Å². The molecule has 0 aromatic carbocycles. The zero-order chi connectivity index (χ0) is 59.0. The van der Waals surface area contributed by atoms with Crippen molar-refractivity contribution in [1.29, 1.82) is 0 Å².